The van der Waals surface area contributed by atoms with E-state index in [1.54, 1.807) is 29.1 Å². The summed E-state index contributed by atoms with van der Waals surface area (Å²) < 4.78 is 3.73. The summed E-state index contributed by atoms with van der Waals surface area (Å²) >= 11 is 0. The zero-order chi connectivity index (χ0) is 18.4. The van der Waals surface area contributed by atoms with Gasteiger partial charge in [-0.15, -0.1) is 10.2 Å². The number of aromatic nitrogens is 5. The minimum absolute atomic E-state index is 0.185. The number of pyridine rings is 2. The third kappa shape index (κ3) is 2.83. The molecule has 1 fully saturated rings. The number of anilines is 1. The number of amides is 1. The third-order valence-corrected chi connectivity index (χ3v) is 5.15. The number of carbonyl (C=O) groups is 1. The van der Waals surface area contributed by atoms with Crippen LogP contribution in [0.1, 0.15) is 34.9 Å². The van der Waals surface area contributed by atoms with Gasteiger partial charge in [0.05, 0.1) is 17.4 Å². The first kappa shape index (κ1) is 16.0. The minimum Gasteiger partial charge on any atom is -0.321 e. The number of carbonyl (C=O) groups excluding carboxylic acids is 1. The summed E-state index contributed by atoms with van der Waals surface area (Å²) in [5.74, 6) is -0.185. The van der Waals surface area contributed by atoms with Crippen molar-refractivity contribution >= 4 is 22.9 Å². The second-order valence-electron chi connectivity index (χ2n) is 6.95. The molecule has 0 unspecified atom stereocenters. The van der Waals surface area contributed by atoms with Gasteiger partial charge in [-0.25, -0.2) is 4.98 Å². The Morgan fingerprint density at radius 1 is 1.19 bits per heavy atom. The Hall–Kier alpha value is -3.26. The molecule has 1 atom stereocenters. The summed E-state index contributed by atoms with van der Waals surface area (Å²) in [4.78, 5) is 19.7. The number of hydrogen-bond acceptors (Lipinski definition) is 5. The number of rotatable bonds is 3. The second-order valence-corrected chi connectivity index (χ2v) is 6.95. The highest BCUT2D eigenvalue weighted by atomic mass is 16.1. The van der Waals surface area contributed by atoms with Crippen LogP contribution in [0.5, 0.6) is 0 Å². The monoisotopic (exact) mass is 361 g/mol. The van der Waals surface area contributed by atoms with E-state index in [-0.39, 0.29) is 5.91 Å². The number of fused-ring (bicyclic) bond motifs is 2. The number of nitrogens with zero attached hydrogens (tertiary/aromatic N) is 6. The fourth-order valence-corrected chi connectivity index (χ4v) is 3.69. The Balaban J connectivity index is 1.40. The lowest BCUT2D eigenvalue weighted by molar-refractivity contribution is 0.102. The molecule has 1 aliphatic heterocycles. The summed E-state index contributed by atoms with van der Waals surface area (Å²) in [6, 6.07) is 7.63. The quantitative estimate of drug-likeness (QED) is 0.606. The number of likely N-dealkylation sites (tertiary alicyclic amines) is 1. The van der Waals surface area contributed by atoms with E-state index in [2.05, 4.69) is 33.7 Å². The van der Waals surface area contributed by atoms with E-state index in [1.807, 2.05) is 22.7 Å². The first-order valence-corrected chi connectivity index (χ1v) is 8.97. The predicted molar refractivity (Wildman–Crippen MR) is 101 cm³/mol. The van der Waals surface area contributed by atoms with Gasteiger partial charge in [0.2, 0.25) is 0 Å². The summed E-state index contributed by atoms with van der Waals surface area (Å²) in [7, 11) is 2.14. The molecule has 8 nitrogen and oxygen atoms in total. The van der Waals surface area contributed by atoms with Crippen molar-refractivity contribution < 1.29 is 4.79 Å². The highest BCUT2D eigenvalue weighted by molar-refractivity contribution is 6.04. The SMILES string of the molecule is CN1CCC[C@@H]1c1cn2cc(NC(=O)c3ccn4cnnc4c3)ccc2n1. The maximum atomic E-state index is 12.6. The highest BCUT2D eigenvalue weighted by Gasteiger charge is 2.24. The van der Waals surface area contributed by atoms with Gasteiger partial charge >= 0.3 is 0 Å². The van der Waals surface area contributed by atoms with Gasteiger partial charge < -0.3 is 9.72 Å². The van der Waals surface area contributed by atoms with Crippen molar-refractivity contribution in [1.29, 1.82) is 0 Å². The number of hydrogen-bond donors (Lipinski definition) is 1. The van der Waals surface area contributed by atoms with Crippen molar-refractivity contribution in [2.75, 3.05) is 18.9 Å². The van der Waals surface area contributed by atoms with Crippen molar-refractivity contribution in [2.24, 2.45) is 0 Å². The molecule has 5 rings (SSSR count). The summed E-state index contributed by atoms with van der Waals surface area (Å²) in [5.41, 5.74) is 3.86. The largest absolute Gasteiger partial charge is 0.321 e. The molecule has 1 saturated heterocycles. The van der Waals surface area contributed by atoms with Crippen LogP contribution in [-0.2, 0) is 0 Å². The Morgan fingerprint density at radius 2 is 2.11 bits per heavy atom. The van der Waals surface area contributed by atoms with Gasteiger partial charge in [0.25, 0.3) is 5.91 Å². The topological polar surface area (TPSA) is 79.8 Å². The molecule has 0 aliphatic carbocycles. The minimum atomic E-state index is -0.185. The molecule has 1 aliphatic rings. The van der Waals surface area contributed by atoms with Gasteiger partial charge in [0.1, 0.15) is 12.0 Å². The van der Waals surface area contributed by atoms with Crippen molar-refractivity contribution in [3.05, 3.63) is 60.4 Å². The molecule has 0 aromatic carbocycles. The summed E-state index contributed by atoms with van der Waals surface area (Å²) in [6.07, 6.45) is 9.66. The Labute approximate surface area is 155 Å². The summed E-state index contributed by atoms with van der Waals surface area (Å²) in [6.45, 7) is 1.11. The Morgan fingerprint density at radius 3 is 2.96 bits per heavy atom. The number of imidazole rings is 1. The van der Waals surface area contributed by atoms with Gasteiger partial charge in [0.15, 0.2) is 5.65 Å². The molecule has 27 heavy (non-hydrogen) atoms. The van der Waals surface area contributed by atoms with E-state index < -0.39 is 0 Å². The molecule has 136 valence electrons. The van der Waals surface area contributed by atoms with Crippen molar-refractivity contribution in [2.45, 2.75) is 18.9 Å². The van der Waals surface area contributed by atoms with Crippen LogP contribution in [0.4, 0.5) is 5.69 Å². The molecule has 8 heteroatoms. The third-order valence-electron chi connectivity index (χ3n) is 5.15. The van der Waals surface area contributed by atoms with Gasteiger partial charge in [0, 0.05) is 24.2 Å². The van der Waals surface area contributed by atoms with Gasteiger partial charge in [-0.2, -0.15) is 0 Å². The first-order valence-electron chi connectivity index (χ1n) is 8.97. The highest BCUT2D eigenvalue weighted by Crippen LogP contribution is 2.30. The van der Waals surface area contributed by atoms with Crippen LogP contribution >= 0.6 is 0 Å². The zero-order valence-electron chi connectivity index (χ0n) is 14.9. The molecule has 1 amide bonds. The lowest BCUT2D eigenvalue weighted by Gasteiger charge is -2.16. The zero-order valence-corrected chi connectivity index (χ0v) is 14.9. The van der Waals surface area contributed by atoms with E-state index >= 15 is 0 Å². The maximum Gasteiger partial charge on any atom is 0.255 e. The molecule has 5 heterocycles. The Kier molecular flexibility index (Phi) is 3.64. The van der Waals surface area contributed by atoms with E-state index in [1.165, 1.54) is 6.42 Å². The molecule has 4 aromatic rings. The van der Waals surface area contributed by atoms with Gasteiger partial charge in [-0.1, -0.05) is 0 Å². The fraction of sp³-hybridized carbons (Fsp3) is 0.263. The van der Waals surface area contributed by atoms with Crippen LogP contribution in [0, 0.1) is 0 Å². The summed E-state index contributed by atoms with van der Waals surface area (Å²) in [5, 5.41) is 10.7. The van der Waals surface area contributed by atoms with Crippen LogP contribution in [0.2, 0.25) is 0 Å². The lowest BCUT2D eigenvalue weighted by atomic mass is 10.2. The van der Waals surface area contributed by atoms with Crippen LogP contribution in [0.25, 0.3) is 11.3 Å². The van der Waals surface area contributed by atoms with Crippen molar-refractivity contribution in [3.63, 3.8) is 0 Å². The normalized spacial score (nSPS) is 17.7. The molecule has 1 N–H and O–H groups in total. The molecule has 0 bridgehead atoms. The van der Waals surface area contributed by atoms with Crippen LogP contribution in [0.15, 0.2) is 49.2 Å². The Bertz CT molecular complexity index is 1150. The van der Waals surface area contributed by atoms with Crippen molar-refractivity contribution in [1.82, 2.24) is 28.9 Å². The van der Waals surface area contributed by atoms with Gasteiger partial charge in [-0.3, -0.25) is 14.1 Å². The van der Waals surface area contributed by atoms with Crippen LogP contribution in [0.3, 0.4) is 0 Å². The maximum absolute atomic E-state index is 12.6. The smallest absolute Gasteiger partial charge is 0.255 e. The standard InChI is InChI=1S/C19H19N7O/c1-24-7-2-3-16(24)15-11-26-10-14(4-5-17(26)22-15)21-19(27)13-6-8-25-12-20-23-18(25)9-13/h4-6,8-12,16H,2-3,7H2,1H3,(H,21,27)/t16-/m1/s1. The molecule has 4 aromatic heterocycles. The average Bonchev–Trinajstić information content (AvgIpc) is 3.39. The average molecular weight is 361 g/mol. The van der Waals surface area contributed by atoms with Crippen LogP contribution in [-0.4, -0.2) is 48.4 Å². The molecular formula is C19H19N7O. The van der Waals surface area contributed by atoms with E-state index in [0.717, 1.165) is 30.0 Å². The molecule has 0 saturated carbocycles. The number of nitrogens with one attached hydrogen (secondary N) is 1. The van der Waals surface area contributed by atoms with Crippen LogP contribution < -0.4 is 5.32 Å². The molecule has 0 radical (unpaired) electrons. The van der Waals surface area contributed by atoms with Crippen molar-refractivity contribution in [3.8, 4) is 0 Å². The van der Waals surface area contributed by atoms with E-state index in [0.29, 0.717) is 17.3 Å². The fourth-order valence-electron chi connectivity index (χ4n) is 3.69. The molecular weight excluding hydrogens is 342 g/mol. The first-order chi connectivity index (χ1) is 13.2. The van der Waals surface area contributed by atoms with E-state index in [9.17, 15) is 4.79 Å². The van der Waals surface area contributed by atoms with Gasteiger partial charge in [-0.05, 0) is 50.7 Å². The lowest BCUT2D eigenvalue weighted by Crippen LogP contribution is -2.17. The predicted octanol–water partition coefficient (Wildman–Crippen LogP) is 2.40. The molecule has 0 spiro atoms. The van der Waals surface area contributed by atoms with E-state index in [4.69, 9.17) is 4.98 Å². The second kappa shape index (κ2) is 6.17.